The Morgan fingerprint density at radius 1 is 1.59 bits per heavy atom. The van der Waals surface area contributed by atoms with Gasteiger partial charge in [0.15, 0.2) is 0 Å². The number of thiophene rings is 1. The highest BCUT2D eigenvalue weighted by atomic mass is 79.9. The molecule has 0 saturated carbocycles. The Morgan fingerprint density at radius 3 is 3.00 bits per heavy atom. The van der Waals surface area contributed by atoms with E-state index in [0.29, 0.717) is 6.04 Å². The van der Waals surface area contributed by atoms with Crippen LogP contribution >= 0.6 is 27.3 Å². The first kappa shape index (κ1) is 12.8. The van der Waals surface area contributed by atoms with Crippen molar-refractivity contribution in [1.29, 1.82) is 0 Å². The Balaban J connectivity index is 1.81. The van der Waals surface area contributed by atoms with Crippen molar-refractivity contribution in [2.24, 2.45) is 0 Å². The second-order valence-corrected chi connectivity index (χ2v) is 6.32. The lowest BCUT2D eigenvalue weighted by Crippen LogP contribution is -2.29. The van der Waals surface area contributed by atoms with Crippen molar-refractivity contribution in [3.05, 3.63) is 38.8 Å². The van der Waals surface area contributed by atoms with Gasteiger partial charge in [-0.2, -0.15) is 5.10 Å². The minimum atomic E-state index is 0.413. The van der Waals surface area contributed by atoms with Gasteiger partial charge in [0.2, 0.25) is 0 Å². The summed E-state index contributed by atoms with van der Waals surface area (Å²) in [5.74, 6) is 0. The minimum absolute atomic E-state index is 0.413. The van der Waals surface area contributed by atoms with E-state index >= 15 is 0 Å². The van der Waals surface area contributed by atoms with Crippen molar-refractivity contribution in [2.75, 3.05) is 0 Å². The van der Waals surface area contributed by atoms with E-state index in [4.69, 9.17) is 0 Å². The smallest absolute Gasteiger partial charge is 0.0560 e. The third-order valence-electron chi connectivity index (χ3n) is 2.55. The molecule has 0 radical (unpaired) electrons. The molecule has 5 heteroatoms. The molecule has 3 nitrogen and oxygen atoms in total. The molecule has 1 N–H and O–H groups in total. The average Bonchev–Trinajstić information content (AvgIpc) is 2.87. The van der Waals surface area contributed by atoms with E-state index < -0.39 is 0 Å². The molecule has 2 aromatic heterocycles. The fourth-order valence-corrected chi connectivity index (χ4v) is 3.19. The van der Waals surface area contributed by atoms with Crippen molar-refractivity contribution >= 4 is 27.3 Å². The Labute approximate surface area is 114 Å². The summed E-state index contributed by atoms with van der Waals surface area (Å²) in [4.78, 5) is 2.70. The number of nitrogens with one attached hydrogen (secondary N) is 1. The van der Waals surface area contributed by atoms with Crippen LogP contribution < -0.4 is 5.32 Å². The van der Waals surface area contributed by atoms with Gasteiger partial charge in [-0.05, 0) is 41.9 Å². The Kier molecular flexibility index (Phi) is 4.36. The summed E-state index contributed by atoms with van der Waals surface area (Å²) in [6, 6.07) is 4.55. The van der Waals surface area contributed by atoms with Gasteiger partial charge in [0.25, 0.3) is 0 Å². The van der Waals surface area contributed by atoms with Gasteiger partial charge in [0, 0.05) is 39.2 Å². The lowest BCUT2D eigenvalue weighted by atomic mass is 10.3. The fraction of sp³-hybridized carbons (Fsp3) is 0.417. The zero-order valence-corrected chi connectivity index (χ0v) is 12.4. The highest BCUT2D eigenvalue weighted by Gasteiger charge is 2.06. The molecule has 1 atom stereocenters. The molecular weight excluding hydrogens is 298 g/mol. The second kappa shape index (κ2) is 5.80. The van der Waals surface area contributed by atoms with Crippen molar-refractivity contribution in [2.45, 2.75) is 33.0 Å². The molecule has 0 spiro atoms. The summed E-state index contributed by atoms with van der Waals surface area (Å²) in [7, 11) is 0. The first-order valence-electron chi connectivity index (χ1n) is 5.61. The third kappa shape index (κ3) is 3.66. The Bertz CT molecular complexity index is 445. The van der Waals surface area contributed by atoms with E-state index in [9.17, 15) is 0 Å². The number of aromatic nitrogens is 2. The molecule has 17 heavy (non-hydrogen) atoms. The van der Waals surface area contributed by atoms with Gasteiger partial charge in [-0.3, -0.25) is 4.68 Å². The monoisotopic (exact) mass is 313 g/mol. The molecule has 1 unspecified atom stereocenters. The summed E-state index contributed by atoms with van der Waals surface area (Å²) in [6.45, 7) is 6.13. The Hall–Kier alpha value is -0.650. The molecule has 0 bridgehead atoms. The van der Waals surface area contributed by atoms with E-state index in [0.717, 1.165) is 13.1 Å². The number of hydrogen-bond acceptors (Lipinski definition) is 3. The van der Waals surface area contributed by atoms with E-state index in [1.807, 2.05) is 34.5 Å². The number of aryl methyl sites for hydroxylation is 1. The van der Waals surface area contributed by atoms with Crippen LogP contribution in [0.4, 0.5) is 0 Å². The van der Waals surface area contributed by atoms with Gasteiger partial charge >= 0.3 is 0 Å². The molecule has 0 fully saturated rings. The molecule has 2 heterocycles. The van der Waals surface area contributed by atoms with Crippen LogP contribution in [0.5, 0.6) is 0 Å². The predicted octanol–water partition coefficient (Wildman–Crippen LogP) is 3.19. The van der Waals surface area contributed by atoms with Gasteiger partial charge in [0.05, 0.1) is 6.54 Å². The molecule has 0 aliphatic carbocycles. The standard InChI is InChI=1S/C12H16BrN3S/c1-9(8-16-5-3-4-15-16)14-7-11-6-12(13)10(2)17-11/h3-6,9,14H,7-8H2,1-2H3. The quantitative estimate of drug-likeness (QED) is 0.918. The summed E-state index contributed by atoms with van der Waals surface area (Å²) < 4.78 is 3.16. The topological polar surface area (TPSA) is 29.9 Å². The first-order valence-corrected chi connectivity index (χ1v) is 7.21. The van der Waals surface area contributed by atoms with Gasteiger partial charge in [0.1, 0.15) is 0 Å². The Morgan fingerprint density at radius 2 is 2.41 bits per heavy atom. The molecule has 2 aromatic rings. The maximum Gasteiger partial charge on any atom is 0.0560 e. The van der Waals surface area contributed by atoms with Crippen LogP contribution in [0.15, 0.2) is 29.0 Å². The molecule has 0 amide bonds. The zero-order chi connectivity index (χ0) is 12.3. The van der Waals surface area contributed by atoms with Crippen molar-refractivity contribution in [1.82, 2.24) is 15.1 Å². The maximum absolute atomic E-state index is 4.20. The van der Waals surface area contributed by atoms with Gasteiger partial charge < -0.3 is 5.32 Å². The zero-order valence-electron chi connectivity index (χ0n) is 9.98. The maximum atomic E-state index is 4.20. The highest BCUT2D eigenvalue weighted by Crippen LogP contribution is 2.26. The normalized spacial score (nSPS) is 12.9. The molecule has 0 aromatic carbocycles. The van der Waals surface area contributed by atoms with E-state index in [2.05, 4.69) is 46.3 Å². The van der Waals surface area contributed by atoms with Crippen LogP contribution in [0.25, 0.3) is 0 Å². The van der Waals surface area contributed by atoms with Crippen LogP contribution in [-0.4, -0.2) is 15.8 Å². The second-order valence-electron chi connectivity index (χ2n) is 4.13. The van der Waals surface area contributed by atoms with Crippen molar-refractivity contribution < 1.29 is 0 Å². The number of halogens is 1. The molecule has 2 rings (SSSR count). The summed E-state index contributed by atoms with van der Waals surface area (Å²) in [6.07, 6.45) is 3.80. The molecule has 0 aliphatic heterocycles. The van der Waals surface area contributed by atoms with Crippen molar-refractivity contribution in [3.63, 3.8) is 0 Å². The lowest BCUT2D eigenvalue weighted by molar-refractivity contribution is 0.452. The minimum Gasteiger partial charge on any atom is -0.308 e. The third-order valence-corrected chi connectivity index (χ3v) is 4.69. The largest absolute Gasteiger partial charge is 0.308 e. The summed E-state index contributed by atoms with van der Waals surface area (Å²) >= 11 is 5.37. The highest BCUT2D eigenvalue weighted by molar-refractivity contribution is 9.10. The van der Waals surface area contributed by atoms with E-state index in [1.165, 1.54) is 14.2 Å². The van der Waals surface area contributed by atoms with Gasteiger partial charge in [-0.25, -0.2) is 0 Å². The van der Waals surface area contributed by atoms with Gasteiger partial charge in [-0.1, -0.05) is 0 Å². The van der Waals surface area contributed by atoms with Crippen LogP contribution in [0, 0.1) is 6.92 Å². The fourth-order valence-electron chi connectivity index (χ4n) is 1.63. The number of hydrogen-bond donors (Lipinski definition) is 1. The average molecular weight is 314 g/mol. The van der Waals surface area contributed by atoms with E-state index in [-0.39, 0.29) is 0 Å². The SMILES string of the molecule is Cc1sc(CNC(C)Cn2cccn2)cc1Br. The summed E-state index contributed by atoms with van der Waals surface area (Å²) in [5.41, 5.74) is 0. The molecular formula is C12H16BrN3S. The molecule has 0 aliphatic rings. The number of rotatable bonds is 5. The summed E-state index contributed by atoms with van der Waals surface area (Å²) in [5, 5.41) is 7.71. The lowest BCUT2D eigenvalue weighted by Gasteiger charge is -2.12. The number of nitrogens with zero attached hydrogens (tertiary/aromatic N) is 2. The van der Waals surface area contributed by atoms with Crippen LogP contribution in [0.2, 0.25) is 0 Å². The van der Waals surface area contributed by atoms with Crippen molar-refractivity contribution in [3.8, 4) is 0 Å². The van der Waals surface area contributed by atoms with Crippen LogP contribution in [0.3, 0.4) is 0 Å². The molecule has 0 saturated heterocycles. The van der Waals surface area contributed by atoms with E-state index in [1.54, 1.807) is 0 Å². The van der Waals surface area contributed by atoms with Crippen LogP contribution in [-0.2, 0) is 13.1 Å². The predicted molar refractivity (Wildman–Crippen MR) is 75.3 cm³/mol. The first-order chi connectivity index (χ1) is 8.15. The van der Waals surface area contributed by atoms with Gasteiger partial charge in [-0.15, -0.1) is 11.3 Å². The molecule has 92 valence electrons. The van der Waals surface area contributed by atoms with Crippen LogP contribution in [0.1, 0.15) is 16.7 Å².